The molecule has 0 spiro atoms. The first kappa shape index (κ1) is 15.8. The average Bonchev–Trinajstić information content (AvgIpc) is 3.00. The number of benzene rings is 1. The van der Waals surface area contributed by atoms with E-state index in [1.807, 2.05) is 0 Å². The van der Waals surface area contributed by atoms with Crippen LogP contribution in [0.1, 0.15) is 39.0 Å². The summed E-state index contributed by atoms with van der Waals surface area (Å²) in [6.45, 7) is 2.56. The normalized spacial score (nSPS) is 21.6. The van der Waals surface area contributed by atoms with E-state index in [4.69, 9.17) is 4.74 Å². The van der Waals surface area contributed by atoms with Crippen LogP contribution in [0, 0.1) is 0 Å². The van der Waals surface area contributed by atoms with E-state index < -0.39 is 12.4 Å². The SMILES string of the molecule is CCCCCCC1CN(c2ccc3c(c2)OC(F)(F)O3)C(=O)O1. The highest BCUT2D eigenvalue weighted by atomic mass is 19.3. The first-order valence-corrected chi connectivity index (χ1v) is 7.86. The number of ether oxygens (including phenoxy) is 3. The molecule has 1 atom stereocenters. The van der Waals surface area contributed by atoms with Crippen LogP contribution in [0.15, 0.2) is 18.2 Å². The van der Waals surface area contributed by atoms with E-state index in [-0.39, 0.29) is 17.6 Å². The highest BCUT2D eigenvalue weighted by Gasteiger charge is 2.44. The molecule has 0 saturated carbocycles. The number of amides is 1. The Bertz CT molecular complexity index is 593. The summed E-state index contributed by atoms with van der Waals surface area (Å²) in [6.07, 6.45) is 0.969. The molecule has 2 aliphatic rings. The van der Waals surface area contributed by atoms with Crippen LogP contribution in [0.2, 0.25) is 0 Å². The average molecular weight is 327 g/mol. The Balaban J connectivity index is 1.63. The van der Waals surface area contributed by atoms with E-state index in [1.54, 1.807) is 6.07 Å². The van der Waals surface area contributed by atoms with Crippen molar-refractivity contribution in [3.8, 4) is 11.5 Å². The Morgan fingerprint density at radius 1 is 1.22 bits per heavy atom. The lowest BCUT2D eigenvalue weighted by molar-refractivity contribution is -0.286. The molecule has 0 aromatic heterocycles. The number of fused-ring (bicyclic) bond motifs is 1. The zero-order valence-electron chi connectivity index (χ0n) is 12.9. The maximum Gasteiger partial charge on any atom is 0.586 e. The molecule has 2 aliphatic heterocycles. The van der Waals surface area contributed by atoms with Crippen molar-refractivity contribution in [1.29, 1.82) is 0 Å². The van der Waals surface area contributed by atoms with Gasteiger partial charge in [0.25, 0.3) is 0 Å². The highest BCUT2D eigenvalue weighted by molar-refractivity contribution is 5.90. The zero-order chi connectivity index (χ0) is 16.4. The van der Waals surface area contributed by atoms with Gasteiger partial charge < -0.3 is 14.2 Å². The standard InChI is InChI=1S/C16H19F2NO4/c1-2-3-4-5-6-12-10-19(15(20)21-12)11-7-8-13-14(9-11)23-16(17,18)22-13/h7-9,12H,2-6,10H2,1H3. The number of unbranched alkanes of at least 4 members (excludes halogenated alkanes) is 3. The van der Waals surface area contributed by atoms with Crippen LogP contribution in [-0.4, -0.2) is 25.0 Å². The van der Waals surface area contributed by atoms with Gasteiger partial charge in [0.1, 0.15) is 6.10 Å². The van der Waals surface area contributed by atoms with Crippen molar-refractivity contribution in [1.82, 2.24) is 0 Å². The lowest BCUT2D eigenvalue weighted by Gasteiger charge is -2.13. The van der Waals surface area contributed by atoms with E-state index in [1.165, 1.54) is 23.5 Å². The van der Waals surface area contributed by atoms with Gasteiger partial charge in [-0.1, -0.05) is 26.2 Å². The number of halogens is 2. The van der Waals surface area contributed by atoms with Gasteiger partial charge >= 0.3 is 12.4 Å². The minimum atomic E-state index is -3.66. The Kier molecular flexibility index (Phi) is 4.28. The molecule has 2 heterocycles. The summed E-state index contributed by atoms with van der Waals surface area (Å²) in [7, 11) is 0. The van der Waals surface area contributed by atoms with Crippen molar-refractivity contribution >= 4 is 11.8 Å². The maximum absolute atomic E-state index is 13.0. The Morgan fingerprint density at radius 2 is 2.00 bits per heavy atom. The molecular formula is C16H19F2NO4. The van der Waals surface area contributed by atoms with Gasteiger partial charge in [0.2, 0.25) is 0 Å². The van der Waals surface area contributed by atoms with Crippen LogP contribution in [0.5, 0.6) is 11.5 Å². The van der Waals surface area contributed by atoms with Gasteiger partial charge in [0, 0.05) is 6.07 Å². The molecule has 5 nitrogen and oxygen atoms in total. The number of alkyl halides is 2. The van der Waals surface area contributed by atoms with E-state index in [0.717, 1.165) is 25.7 Å². The molecular weight excluding hydrogens is 308 g/mol. The molecule has 7 heteroatoms. The van der Waals surface area contributed by atoms with E-state index >= 15 is 0 Å². The van der Waals surface area contributed by atoms with Crippen LogP contribution in [-0.2, 0) is 4.74 Å². The summed E-state index contributed by atoms with van der Waals surface area (Å²) in [5.41, 5.74) is 0.464. The fourth-order valence-corrected chi connectivity index (χ4v) is 2.79. The molecule has 0 N–H and O–H groups in total. The molecule has 1 saturated heterocycles. The van der Waals surface area contributed by atoms with Crippen molar-refractivity contribution in [2.24, 2.45) is 0 Å². The summed E-state index contributed by atoms with van der Waals surface area (Å²) in [5, 5.41) is 0. The third-order valence-electron chi connectivity index (χ3n) is 3.95. The van der Waals surface area contributed by atoms with Crippen LogP contribution >= 0.6 is 0 Å². The molecule has 0 radical (unpaired) electrons. The zero-order valence-corrected chi connectivity index (χ0v) is 12.9. The van der Waals surface area contributed by atoms with Crippen molar-refractivity contribution in [3.63, 3.8) is 0 Å². The number of cyclic esters (lactones) is 1. The molecule has 0 bridgehead atoms. The lowest BCUT2D eigenvalue weighted by Crippen LogP contribution is -2.26. The summed E-state index contributed by atoms with van der Waals surface area (Å²) in [5.74, 6) is -0.117. The van der Waals surface area contributed by atoms with Crippen molar-refractivity contribution in [3.05, 3.63) is 18.2 Å². The highest BCUT2D eigenvalue weighted by Crippen LogP contribution is 2.43. The number of hydrogen-bond donors (Lipinski definition) is 0. The van der Waals surface area contributed by atoms with Gasteiger partial charge in [-0.3, -0.25) is 4.90 Å². The van der Waals surface area contributed by atoms with E-state index in [0.29, 0.717) is 12.2 Å². The van der Waals surface area contributed by atoms with Gasteiger partial charge in [-0.15, -0.1) is 8.78 Å². The molecule has 1 aromatic rings. The number of hydrogen-bond acceptors (Lipinski definition) is 4. The first-order valence-electron chi connectivity index (χ1n) is 7.86. The van der Waals surface area contributed by atoms with Crippen molar-refractivity contribution in [2.75, 3.05) is 11.4 Å². The van der Waals surface area contributed by atoms with Gasteiger partial charge in [-0.2, -0.15) is 0 Å². The molecule has 1 unspecified atom stereocenters. The summed E-state index contributed by atoms with van der Waals surface area (Å²) in [4.78, 5) is 13.4. The van der Waals surface area contributed by atoms with Gasteiger partial charge in [0.15, 0.2) is 11.5 Å². The molecule has 126 valence electrons. The fraction of sp³-hybridized carbons (Fsp3) is 0.562. The number of nitrogens with zero attached hydrogens (tertiary/aromatic N) is 1. The van der Waals surface area contributed by atoms with Crippen LogP contribution < -0.4 is 14.4 Å². The summed E-state index contributed by atoms with van der Waals surface area (Å²) >= 11 is 0. The fourth-order valence-electron chi connectivity index (χ4n) is 2.79. The second-order valence-electron chi connectivity index (χ2n) is 5.76. The monoisotopic (exact) mass is 327 g/mol. The topological polar surface area (TPSA) is 48.0 Å². The first-order chi connectivity index (χ1) is 11.0. The molecule has 1 fully saturated rings. The molecule has 1 aromatic carbocycles. The quantitative estimate of drug-likeness (QED) is 0.731. The number of anilines is 1. The molecule has 0 aliphatic carbocycles. The minimum absolute atomic E-state index is 0.0394. The third-order valence-corrected chi connectivity index (χ3v) is 3.95. The molecule has 23 heavy (non-hydrogen) atoms. The maximum atomic E-state index is 13.0. The van der Waals surface area contributed by atoms with Crippen molar-refractivity contribution in [2.45, 2.75) is 51.4 Å². The smallest absolute Gasteiger partial charge is 0.444 e. The Morgan fingerprint density at radius 3 is 2.78 bits per heavy atom. The van der Waals surface area contributed by atoms with Gasteiger partial charge in [-0.25, -0.2) is 4.79 Å². The Labute approximate surface area is 133 Å². The third kappa shape index (κ3) is 3.48. The van der Waals surface area contributed by atoms with Crippen LogP contribution in [0.25, 0.3) is 0 Å². The second kappa shape index (κ2) is 6.22. The summed E-state index contributed by atoms with van der Waals surface area (Å²) < 4.78 is 40.2. The predicted molar refractivity (Wildman–Crippen MR) is 79.0 cm³/mol. The molecule has 1 amide bonds. The second-order valence-corrected chi connectivity index (χ2v) is 5.76. The van der Waals surface area contributed by atoms with Gasteiger partial charge in [0.05, 0.1) is 12.2 Å². The predicted octanol–water partition coefficient (Wildman–Crippen LogP) is 4.30. The number of carbonyl (C=O) groups excluding carboxylic acids is 1. The largest absolute Gasteiger partial charge is 0.586 e. The molecule has 3 rings (SSSR count). The van der Waals surface area contributed by atoms with Crippen molar-refractivity contribution < 1.29 is 27.8 Å². The number of carbonyl (C=O) groups is 1. The van der Waals surface area contributed by atoms with Gasteiger partial charge in [-0.05, 0) is 25.0 Å². The van der Waals surface area contributed by atoms with E-state index in [2.05, 4.69) is 16.4 Å². The van der Waals surface area contributed by atoms with E-state index in [9.17, 15) is 13.6 Å². The Hall–Kier alpha value is -2.05. The number of rotatable bonds is 6. The summed E-state index contributed by atoms with van der Waals surface area (Å²) in [6, 6.07) is 4.29. The lowest BCUT2D eigenvalue weighted by atomic mass is 10.1. The van der Waals surface area contributed by atoms with Crippen LogP contribution in [0.4, 0.5) is 19.3 Å². The van der Waals surface area contributed by atoms with Crippen LogP contribution in [0.3, 0.4) is 0 Å². The minimum Gasteiger partial charge on any atom is -0.444 e.